The Bertz CT molecular complexity index is 582. The highest BCUT2D eigenvalue weighted by molar-refractivity contribution is 5.68. The molecule has 1 heterocycles. The molecule has 0 N–H and O–H groups in total. The van der Waals surface area contributed by atoms with Crippen LogP contribution < -0.4 is 4.74 Å². The van der Waals surface area contributed by atoms with Gasteiger partial charge in [0, 0.05) is 5.56 Å². The second-order valence-corrected chi connectivity index (χ2v) is 6.12. The summed E-state index contributed by atoms with van der Waals surface area (Å²) in [5, 5.41) is 0. The smallest absolute Gasteiger partial charge is 0.131 e. The number of hydrogen-bond donors (Lipinski definition) is 0. The summed E-state index contributed by atoms with van der Waals surface area (Å²) in [4.78, 5) is 0. The molecule has 0 saturated heterocycles. The van der Waals surface area contributed by atoms with Crippen LogP contribution in [-0.2, 0) is 6.42 Å². The highest BCUT2D eigenvalue weighted by atomic mass is 16.5. The maximum Gasteiger partial charge on any atom is 0.131 e. The normalized spacial score (nSPS) is 15.8. The molecule has 0 unspecified atom stereocenters. The van der Waals surface area contributed by atoms with E-state index < -0.39 is 0 Å². The van der Waals surface area contributed by atoms with Gasteiger partial charge in [-0.1, -0.05) is 29.9 Å². The van der Waals surface area contributed by atoms with Crippen LogP contribution in [0, 0.1) is 0 Å². The molecule has 0 atom stereocenters. The molecule has 0 fully saturated rings. The maximum absolute atomic E-state index is 6.18. The minimum Gasteiger partial charge on any atom is -0.483 e. The molecular formula is C19H24O. The van der Waals surface area contributed by atoms with Crippen LogP contribution in [0.5, 0.6) is 5.75 Å². The minimum absolute atomic E-state index is 0.227. The zero-order valence-corrected chi connectivity index (χ0v) is 13.2. The fourth-order valence-corrected chi connectivity index (χ4v) is 2.33. The Balaban J connectivity index is 2.50. The molecular weight excluding hydrogens is 244 g/mol. The van der Waals surface area contributed by atoms with E-state index in [1.165, 1.54) is 22.3 Å². The van der Waals surface area contributed by atoms with E-state index in [0.29, 0.717) is 0 Å². The molecule has 0 aliphatic carbocycles. The van der Waals surface area contributed by atoms with Gasteiger partial charge < -0.3 is 4.74 Å². The monoisotopic (exact) mass is 268 g/mol. The van der Waals surface area contributed by atoms with Gasteiger partial charge in [-0.2, -0.15) is 0 Å². The third-order valence-electron chi connectivity index (χ3n) is 3.34. The van der Waals surface area contributed by atoms with Crippen molar-refractivity contribution in [3.8, 4) is 5.75 Å². The van der Waals surface area contributed by atoms with Crippen molar-refractivity contribution >= 4 is 12.2 Å². The van der Waals surface area contributed by atoms with Gasteiger partial charge in [-0.05, 0) is 70.4 Å². The van der Waals surface area contributed by atoms with Crippen LogP contribution in [0.2, 0.25) is 0 Å². The first-order chi connectivity index (χ1) is 9.41. The Kier molecular flexibility index (Phi) is 4.17. The molecule has 0 amide bonds. The first-order valence-electron chi connectivity index (χ1n) is 7.22. The van der Waals surface area contributed by atoms with Gasteiger partial charge in [0.1, 0.15) is 11.4 Å². The lowest BCUT2D eigenvalue weighted by atomic mass is 9.95. The van der Waals surface area contributed by atoms with Crippen molar-refractivity contribution < 1.29 is 4.74 Å². The first-order valence-corrected chi connectivity index (χ1v) is 7.22. The van der Waals surface area contributed by atoms with Crippen LogP contribution in [0.4, 0.5) is 0 Å². The highest BCUT2D eigenvalue weighted by Crippen LogP contribution is 2.36. The summed E-state index contributed by atoms with van der Waals surface area (Å²) in [6.45, 7) is 10.5. The summed E-state index contributed by atoms with van der Waals surface area (Å²) in [6, 6.07) is 4.42. The van der Waals surface area contributed by atoms with Crippen LogP contribution >= 0.6 is 0 Å². The van der Waals surface area contributed by atoms with E-state index in [-0.39, 0.29) is 5.60 Å². The Hall–Kier alpha value is -1.76. The molecule has 106 valence electrons. The zero-order valence-electron chi connectivity index (χ0n) is 13.2. The standard InChI is InChI=1S/C19H24O/c1-6-7-15-12-16(9-8-14(2)3)18-17(13-15)10-11-19(4,5)20-18/h6-8,10-13H,9H2,1-5H3/b7-6+. The maximum atomic E-state index is 6.18. The van der Waals surface area contributed by atoms with Crippen LogP contribution in [0.25, 0.3) is 12.2 Å². The van der Waals surface area contributed by atoms with Crippen molar-refractivity contribution in [1.82, 2.24) is 0 Å². The highest BCUT2D eigenvalue weighted by Gasteiger charge is 2.23. The topological polar surface area (TPSA) is 9.23 Å². The third-order valence-corrected chi connectivity index (χ3v) is 3.34. The fourth-order valence-electron chi connectivity index (χ4n) is 2.33. The van der Waals surface area contributed by atoms with E-state index in [1.54, 1.807) is 0 Å². The van der Waals surface area contributed by atoms with Crippen LogP contribution in [0.15, 0.2) is 35.9 Å². The molecule has 1 nitrogen and oxygen atoms in total. The van der Waals surface area contributed by atoms with Gasteiger partial charge >= 0.3 is 0 Å². The van der Waals surface area contributed by atoms with Crippen molar-refractivity contribution in [2.24, 2.45) is 0 Å². The summed E-state index contributed by atoms with van der Waals surface area (Å²) >= 11 is 0. The average Bonchev–Trinajstić information content (AvgIpc) is 2.36. The van der Waals surface area contributed by atoms with Crippen molar-refractivity contribution in [3.63, 3.8) is 0 Å². The molecule has 1 aromatic carbocycles. The van der Waals surface area contributed by atoms with Gasteiger partial charge in [0.2, 0.25) is 0 Å². The van der Waals surface area contributed by atoms with Crippen molar-refractivity contribution in [3.05, 3.63) is 52.6 Å². The predicted molar refractivity (Wildman–Crippen MR) is 88.0 cm³/mol. The Labute approximate surface area is 122 Å². The molecule has 20 heavy (non-hydrogen) atoms. The molecule has 1 aliphatic heterocycles. The van der Waals surface area contributed by atoms with Crippen molar-refractivity contribution in [2.45, 2.75) is 46.6 Å². The average molecular weight is 268 g/mol. The largest absolute Gasteiger partial charge is 0.483 e. The summed E-state index contributed by atoms with van der Waals surface area (Å²) in [5.41, 5.74) is 4.78. The summed E-state index contributed by atoms with van der Waals surface area (Å²) in [7, 11) is 0. The molecule has 2 rings (SSSR count). The number of ether oxygens (including phenoxy) is 1. The lowest BCUT2D eigenvalue weighted by Gasteiger charge is -2.29. The summed E-state index contributed by atoms with van der Waals surface area (Å²) < 4.78 is 6.18. The van der Waals surface area contributed by atoms with Gasteiger partial charge in [-0.3, -0.25) is 0 Å². The molecule has 1 heteroatoms. The predicted octanol–water partition coefficient (Wildman–Crippen LogP) is 5.41. The first kappa shape index (κ1) is 14.6. The minimum atomic E-state index is -0.227. The fraction of sp³-hybridized carbons (Fsp3) is 0.368. The van der Waals surface area contributed by atoms with Gasteiger partial charge in [0.15, 0.2) is 0 Å². The van der Waals surface area contributed by atoms with E-state index in [1.807, 2.05) is 6.92 Å². The molecule has 1 aromatic rings. The van der Waals surface area contributed by atoms with E-state index >= 15 is 0 Å². The Morgan fingerprint density at radius 3 is 2.65 bits per heavy atom. The van der Waals surface area contributed by atoms with E-state index in [2.05, 4.69) is 70.2 Å². The zero-order chi connectivity index (χ0) is 14.8. The third kappa shape index (κ3) is 3.41. The lowest BCUT2D eigenvalue weighted by molar-refractivity contribution is 0.157. The number of benzene rings is 1. The van der Waals surface area contributed by atoms with Gasteiger partial charge in [0.25, 0.3) is 0 Å². The second kappa shape index (κ2) is 5.70. The molecule has 0 radical (unpaired) electrons. The van der Waals surface area contributed by atoms with Crippen molar-refractivity contribution in [1.29, 1.82) is 0 Å². The van der Waals surface area contributed by atoms with Gasteiger partial charge in [-0.15, -0.1) is 0 Å². The molecule has 0 spiro atoms. The summed E-state index contributed by atoms with van der Waals surface area (Å²) in [6.07, 6.45) is 11.7. The lowest BCUT2D eigenvalue weighted by Crippen LogP contribution is -2.28. The quantitative estimate of drug-likeness (QED) is 0.666. The Morgan fingerprint density at radius 1 is 1.25 bits per heavy atom. The molecule has 0 aromatic heterocycles. The number of allylic oxidation sites excluding steroid dienone is 3. The molecule has 0 bridgehead atoms. The number of hydrogen-bond acceptors (Lipinski definition) is 1. The van der Waals surface area contributed by atoms with Gasteiger partial charge in [-0.25, -0.2) is 0 Å². The second-order valence-electron chi connectivity index (χ2n) is 6.12. The van der Waals surface area contributed by atoms with Crippen LogP contribution in [0.3, 0.4) is 0 Å². The van der Waals surface area contributed by atoms with E-state index in [4.69, 9.17) is 4.74 Å². The van der Waals surface area contributed by atoms with Gasteiger partial charge in [0.05, 0.1) is 0 Å². The van der Waals surface area contributed by atoms with E-state index in [0.717, 1.165) is 12.2 Å². The van der Waals surface area contributed by atoms with Crippen LogP contribution in [-0.4, -0.2) is 5.60 Å². The summed E-state index contributed by atoms with van der Waals surface area (Å²) in [5.74, 6) is 1.03. The molecule has 0 saturated carbocycles. The van der Waals surface area contributed by atoms with Crippen molar-refractivity contribution in [2.75, 3.05) is 0 Å². The van der Waals surface area contributed by atoms with E-state index in [9.17, 15) is 0 Å². The molecule has 1 aliphatic rings. The number of fused-ring (bicyclic) bond motifs is 1. The SMILES string of the molecule is C/C=C/c1cc2c(c(CC=C(C)C)c1)OC(C)(C)C=C2. The number of rotatable bonds is 3. The van der Waals surface area contributed by atoms with Crippen LogP contribution in [0.1, 0.15) is 51.3 Å². The Morgan fingerprint density at radius 2 is 2.00 bits per heavy atom.